The maximum atomic E-state index is 10.8. The molecule has 0 amide bonds. The largest absolute Gasteiger partial charge is 0.435 e. The molecule has 0 spiro atoms. The average Bonchev–Trinajstić information content (AvgIpc) is 2.13. The Balaban J connectivity index is 3.58. The highest BCUT2D eigenvalue weighted by atomic mass is 16.5. The second kappa shape index (κ2) is 8.04. The monoisotopic (exact) mass is 198 g/mol. The van der Waals surface area contributed by atoms with Crippen LogP contribution in [0.3, 0.4) is 0 Å². The van der Waals surface area contributed by atoms with Gasteiger partial charge in [-0.15, -0.1) is 0 Å². The van der Waals surface area contributed by atoms with Crippen molar-refractivity contribution in [3.05, 3.63) is 25.2 Å². The predicted molar refractivity (Wildman–Crippen MR) is 51.0 cm³/mol. The van der Waals surface area contributed by atoms with Crippen LogP contribution in [0.2, 0.25) is 0 Å². The molecule has 78 valence electrons. The second-order valence-electron chi connectivity index (χ2n) is 2.47. The number of rotatable bonds is 6. The first-order valence-electron chi connectivity index (χ1n) is 4.35. The van der Waals surface area contributed by atoms with Gasteiger partial charge in [0.05, 0.1) is 18.9 Å². The number of carbonyl (C=O) groups is 2. The predicted octanol–water partition coefficient (Wildman–Crippen LogP) is 1.92. The summed E-state index contributed by atoms with van der Waals surface area (Å²) in [6, 6.07) is 0. The number of ether oxygens (including phenoxy) is 2. The topological polar surface area (TPSA) is 52.6 Å². The summed E-state index contributed by atoms with van der Waals surface area (Å²) in [4.78, 5) is 21.5. The van der Waals surface area contributed by atoms with E-state index in [0.717, 1.165) is 12.7 Å². The summed E-state index contributed by atoms with van der Waals surface area (Å²) in [7, 11) is 0. The lowest BCUT2D eigenvalue weighted by Crippen LogP contribution is -1.99. The molecule has 0 aliphatic carbocycles. The molecular formula is C10H14O4. The second-order valence-corrected chi connectivity index (χ2v) is 2.47. The maximum absolute atomic E-state index is 10.8. The van der Waals surface area contributed by atoms with E-state index in [1.807, 2.05) is 6.92 Å². The molecule has 0 aliphatic rings. The van der Waals surface area contributed by atoms with Crippen LogP contribution >= 0.6 is 0 Å². The smallest absolute Gasteiger partial charge is 0.314 e. The van der Waals surface area contributed by atoms with Crippen LogP contribution < -0.4 is 0 Å². The molecule has 0 aromatic heterocycles. The fourth-order valence-corrected chi connectivity index (χ4v) is 0.672. The summed E-state index contributed by atoms with van der Waals surface area (Å²) < 4.78 is 9.09. The highest BCUT2D eigenvalue weighted by molar-refractivity contribution is 5.72. The molecule has 0 unspecified atom stereocenters. The molecule has 0 fully saturated rings. The first-order chi connectivity index (χ1) is 6.70. The highest BCUT2D eigenvalue weighted by Gasteiger charge is 1.98. The molecule has 0 aliphatic heterocycles. The zero-order chi connectivity index (χ0) is 10.8. The van der Waals surface area contributed by atoms with E-state index >= 15 is 0 Å². The van der Waals surface area contributed by atoms with Crippen LogP contribution in [0.5, 0.6) is 0 Å². The van der Waals surface area contributed by atoms with E-state index in [0.29, 0.717) is 6.42 Å². The Morgan fingerprint density at radius 2 is 2.00 bits per heavy atom. The van der Waals surface area contributed by atoms with Gasteiger partial charge in [0, 0.05) is 6.42 Å². The summed E-state index contributed by atoms with van der Waals surface area (Å²) in [5.74, 6) is -0.747. The fourth-order valence-electron chi connectivity index (χ4n) is 0.672. The normalized spacial score (nSPS) is 9.79. The van der Waals surface area contributed by atoms with Crippen molar-refractivity contribution in [3.63, 3.8) is 0 Å². The lowest BCUT2D eigenvalue weighted by Gasteiger charge is -1.95. The molecule has 0 rings (SSSR count). The highest BCUT2D eigenvalue weighted by Crippen LogP contribution is 1.94. The van der Waals surface area contributed by atoms with Crippen molar-refractivity contribution >= 4 is 11.9 Å². The Hall–Kier alpha value is -1.58. The van der Waals surface area contributed by atoms with E-state index in [1.165, 1.54) is 12.3 Å². The summed E-state index contributed by atoms with van der Waals surface area (Å²) in [5.41, 5.74) is 0. The molecule has 4 heteroatoms. The molecular weight excluding hydrogens is 184 g/mol. The molecule has 0 bridgehead atoms. The number of hydrogen-bond donors (Lipinski definition) is 0. The van der Waals surface area contributed by atoms with Gasteiger partial charge in [0.15, 0.2) is 0 Å². The summed E-state index contributed by atoms with van der Waals surface area (Å²) in [5, 5.41) is 0. The third-order valence-corrected chi connectivity index (χ3v) is 1.25. The van der Waals surface area contributed by atoms with Gasteiger partial charge in [-0.05, 0) is 12.5 Å². The molecule has 0 radical (unpaired) electrons. The number of hydrogen-bond acceptors (Lipinski definition) is 4. The minimum Gasteiger partial charge on any atom is -0.435 e. The Labute approximate surface area is 83.2 Å². The Morgan fingerprint density at radius 3 is 2.57 bits per heavy atom. The molecule has 14 heavy (non-hydrogen) atoms. The van der Waals surface area contributed by atoms with Gasteiger partial charge in [0.2, 0.25) is 0 Å². The van der Waals surface area contributed by atoms with Crippen LogP contribution in [0, 0.1) is 0 Å². The molecule has 0 N–H and O–H groups in total. The zero-order valence-corrected chi connectivity index (χ0v) is 8.19. The molecule has 0 aromatic rings. The minimum atomic E-state index is -0.442. The van der Waals surface area contributed by atoms with E-state index in [2.05, 4.69) is 16.1 Å². The Morgan fingerprint density at radius 1 is 1.29 bits per heavy atom. The van der Waals surface area contributed by atoms with Gasteiger partial charge in [-0.25, -0.2) is 0 Å². The van der Waals surface area contributed by atoms with Gasteiger partial charge in [-0.3, -0.25) is 9.59 Å². The number of carbonyl (C=O) groups excluding carboxylic acids is 2. The number of esters is 2. The van der Waals surface area contributed by atoms with Crippen molar-refractivity contribution in [1.29, 1.82) is 0 Å². The van der Waals surface area contributed by atoms with Crippen LogP contribution in [0.25, 0.3) is 0 Å². The third kappa shape index (κ3) is 7.09. The van der Waals surface area contributed by atoms with Crippen molar-refractivity contribution in [2.45, 2.75) is 26.2 Å². The van der Waals surface area contributed by atoms with Crippen LogP contribution in [-0.2, 0) is 19.1 Å². The van der Waals surface area contributed by atoms with Gasteiger partial charge >= 0.3 is 11.9 Å². The van der Waals surface area contributed by atoms with Crippen molar-refractivity contribution in [2.75, 3.05) is 0 Å². The van der Waals surface area contributed by atoms with Crippen molar-refractivity contribution in [1.82, 2.24) is 0 Å². The van der Waals surface area contributed by atoms with Crippen LogP contribution in [0.4, 0.5) is 0 Å². The van der Waals surface area contributed by atoms with Crippen molar-refractivity contribution in [3.8, 4) is 0 Å². The zero-order valence-electron chi connectivity index (χ0n) is 8.19. The summed E-state index contributed by atoms with van der Waals surface area (Å²) in [6.07, 6.45) is 4.85. The quantitative estimate of drug-likeness (QED) is 0.483. The van der Waals surface area contributed by atoms with E-state index < -0.39 is 5.97 Å². The minimum absolute atomic E-state index is 0.0609. The summed E-state index contributed by atoms with van der Waals surface area (Å²) >= 11 is 0. The third-order valence-electron chi connectivity index (χ3n) is 1.25. The Bertz CT molecular complexity index is 230. The van der Waals surface area contributed by atoms with E-state index in [-0.39, 0.29) is 12.4 Å². The SMILES string of the molecule is C=COC(=O)CC=COC(=O)CCC. The lowest BCUT2D eigenvalue weighted by atomic mass is 10.3. The van der Waals surface area contributed by atoms with E-state index in [1.54, 1.807) is 0 Å². The molecule has 0 atom stereocenters. The van der Waals surface area contributed by atoms with Crippen LogP contribution in [-0.4, -0.2) is 11.9 Å². The molecule has 0 saturated carbocycles. The standard InChI is InChI=1S/C10H14O4/c1-3-6-9(11)14-8-5-7-10(12)13-4-2/h4-5,8H,2-3,6-7H2,1H3. The maximum Gasteiger partial charge on any atom is 0.314 e. The Kier molecular flexibility index (Phi) is 7.13. The molecule has 0 saturated heterocycles. The van der Waals surface area contributed by atoms with Crippen molar-refractivity contribution < 1.29 is 19.1 Å². The first-order valence-corrected chi connectivity index (χ1v) is 4.35. The van der Waals surface area contributed by atoms with E-state index in [4.69, 9.17) is 0 Å². The van der Waals surface area contributed by atoms with Crippen LogP contribution in [0.1, 0.15) is 26.2 Å². The summed E-state index contributed by atoms with van der Waals surface area (Å²) in [6.45, 7) is 5.11. The van der Waals surface area contributed by atoms with Crippen LogP contribution in [0.15, 0.2) is 25.2 Å². The van der Waals surface area contributed by atoms with Gasteiger partial charge in [0.1, 0.15) is 0 Å². The van der Waals surface area contributed by atoms with Gasteiger partial charge in [-0.2, -0.15) is 0 Å². The van der Waals surface area contributed by atoms with Crippen molar-refractivity contribution in [2.24, 2.45) is 0 Å². The fraction of sp³-hybridized carbons (Fsp3) is 0.400. The molecule has 0 aromatic carbocycles. The van der Waals surface area contributed by atoms with E-state index in [9.17, 15) is 9.59 Å². The van der Waals surface area contributed by atoms with Gasteiger partial charge in [-0.1, -0.05) is 13.5 Å². The average molecular weight is 198 g/mol. The van der Waals surface area contributed by atoms with Gasteiger partial charge < -0.3 is 9.47 Å². The lowest BCUT2D eigenvalue weighted by molar-refractivity contribution is -0.139. The molecule has 4 nitrogen and oxygen atoms in total. The molecule has 0 heterocycles. The first kappa shape index (κ1) is 12.4. The van der Waals surface area contributed by atoms with Gasteiger partial charge in [0.25, 0.3) is 0 Å².